The molecular weight excluding hydrogens is 191 g/mol. The molecule has 0 atom stereocenters. The summed E-state index contributed by atoms with van der Waals surface area (Å²) in [5, 5.41) is 18.9. The van der Waals surface area contributed by atoms with Gasteiger partial charge < -0.3 is 15.5 Å². The van der Waals surface area contributed by atoms with Crippen LogP contribution in [0.1, 0.15) is 12.8 Å². The summed E-state index contributed by atoms with van der Waals surface area (Å²) < 4.78 is 35.9. The molecule has 0 aromatic heterocycles. The zero-order chi connectivity index (χ0) is 10.3. The van der Waals surface area contributed by atoms with E-state index in [9.17, 15) is 18.0 Å². The van der Waals surface area contributed by atoms with E-state index in [-0.39, 0.29) is 0 Å². The van der Waals surface area contributed by atoms with Crippen LogP contribution in [-0.2, 0) is 0 Å². The maximum absolute atomic E-state index is 12.0. The third-order valence-electron chi connectivity index (χ3n) is 2.02. The molecule has 1 amide bonds. The van der Waals surface area contributed by atoms with Crippen molar-refractivity contribution in [3.63, 3.8) is 0 Å². The van der Waals surface area contributed by atoms with Crippen molar-refractivity contribution in [3.8, 4) is 0 Å². The van der Waals surface area contributed by atoms with Crippen LogP contribution in [0.25, 0.3) is 0 Å². The van der Waals surface area contributed by atoms with Gasteiger partial charge in [-0.2, -0.15) is 13.2 Å². The van der Waals surface area contributed by atoms with Crippen LogP contribution >= 0.6 is 0 Å². The topological polar surface area (TPSA) is 69.6 Å². The van der Waals surface area contributed by atoms with Crippen molar-refractivity contribution in [1.29, 1.82) is 0 Å². The van der Waals surface area contributed by atoms with Crippen LogP contribution in [0.2, 0.25) is 0 Å². The number of rotatable bonds is 1. The molecule has 7 heteroatoms. The Morgan fingerprint density at radius 1 is 1.46 bits per heavy atom. The summed E-state index contributed by atoms with van der Waals surface area (Å²) in [5.41, 5.74) is -2.71. The minimum Gasteiger partial charge on any atom is -0.465 e. The van der Waals surface area contributed by atoms with Crippen molar-refractivity contribution >= 4 is 6.09 Å². The standard InChI is InChI=1S/C6H8F3NO3/c7-6(8,9)5(13)1-3(2-5)10-4(11)12/h3,10,13H,1-2H2,(H,11,12). The largest absolute Gasteiger partial charge is 0.465 e. The smallest absolute Gasteiger partial charge is 0.417 e. The molecule has 3 N–H and O–H groups in total. The van der Waals surface area contributed by atoms with E-state index in [4.69, 9.17) is 10.2 Å². The van der Waals surface area contributed by atoms with Crippen molar-refractivity contribution in [2.24, 2.45) is 0 Å². The zero-order valence-corrected chi connectivity index (χ0v) is 6.43. The van der Waals surface area contributed by atoms with Crippen LogP contribution in [0.4, 0.5) is 18.0 Å². The Hall–Kier alpha value is -0.980. The minimum atomic E-state index is -4.68. The van der Waals surface area contributed by atoms with E-state index >= 15 is 0 Å². The van der Waals surface area contributed by atoms with Gasteiger partial charge in [0.25, 0.3) is 0 Å². The molecule has 1 aliphatic carbocycles. The van der Waals surface area contributed by atoms with Gasteiger partial charge in [0.05, 0.1) is 0 Å². The van der Waals surface area contributed by atoms with Crippen LogP contribution in [0.15, 0.2) is 0 Å². The first kappa shape index (κ1) is 10.1. The second-order valence-electron chi connectivity index (χ2n) is 3.08. The summed E-state index contributed by atoms with van der Waals surface area (Å²) in [6.07, 6.45) is -7.27. The predicted molar refractivity (Wildman–Crippen MR) is 35.2 cm³/mol. The van der Waals surface area contributed by atoms with Crippen molar-refractivity contribution in [3.05, 3.63) is 0 Å². The van der Waals surface area contributed by atoms with Crippen LogP contribution in [0.3, 0.4) is 0 Å². The highest BCUT2D eigenvalue weighted by atomic mass is 19.4. The van der Waals surface area contributed by atoms with Crippen LogP contribution in [0.5, 0.6) is 0 Å². The lowest BCUT2D eigenvalue weighted by Crippen LogP contribution is -2.62. The molecule has 0 spiro atoms. The summed E-state index contributed by atoms with van der Waals surface area (Å²) in [7, 11) is 0. The monoisotopic (exact) mass is 199 g/mol. The van der Waals surface area contributed by atoms with Crippen LogP contribution < -0.4 is 5.32 Å². The number of aliphatic hydroxyl groups is 1. The van der Waals surface area contributed by atoms with Gasteiger partial charge in [0.1, 0.15) is 0 Å². The molecule has 1 aliphatic rings. The highest BCUT2D eigenvalue weighted by Gasteiger charge is 2.61. The second kappa shape index (κ2) is 2.76. The molecule has 0 heterocycles. The number of carbonyl (C=O) groups is 1. The Bertz CT molecular complexity index is 222. The molecule has 0 aromatic carbocycles. The normalized spacial score (nSPS) is 33.7. The summed E-state index contributed by atoms with van der Waals surface area (Å²) in [6.45, 7) is 0. The Morgan fingerprint density at radius 3 is 2.23 bits per heavy atom. The van der Waals surface area contributed by atoms with Gasteiger partial charge in [-0.05, 0) is 0 Å². The minimum absolute atomic E-state index is 0.608. The molecular formula is C6H8F3NO3. The highest BCUT2D eigenvalue weighted by molar-refractivity contribution is 5.65. The number of hydrogen-bond donors (Lipinski definition) is 3. The molecule has 0 saturated heterocycles. The fourth-order valence-corrected chi connectivity index (χ4v) is 1.26. The van der Waals surface area contributed by atoms with Crippen molar-refractivity contribution in [2.45, 2.75) is 30.7 Å². The second-order valence-corrected chi connectivity index (χ2v) is 3.08. The summed E-state index contributed by atoms with van der Waals surface area (Å²) in [5.74, 6) is 0. The maximum Gasteiger partial charge on any atom is 0.417 e. The first-order valence-electron chi connectivity index (χ1n) is 3.53. The number of carboxylic acid groups (broad SMARTS) is 1. The van der Waals surface area contributed by atoms with Gasteiger partial charge in [-0.15, -0.1) is 0 Å². The van der Waals surface area contributed by atoms with Crippen LogP contribution in [0, 0.1) is 0 Å². The molecule has 0 radical (unpaired) electrons. The van der Waals surface area contributed by atoms with E-state index in [1.54, 1.807) is 0 Å². The third kappa shape index (κ3) is 1.85. The van der Waals surface area contributed by atoms with Crippen molar-refractivity contribution in [1.82, 2.24) is 5.32 Å². The molecule has 1 rings (SSSR count). The van der Waals surface area contributed by atoms with Gasteiger partial charge in [0.2, 0.25) is 0 Å². The highest BCUT2D eigenvalue weighted by Crippen LogP contribution is 2.44. The fourth-order valence-electron chi connectivity index (χ4n) is 1.26. The molecule has 13 heavy (non-hydrogen) atoms. The molecule has 0 unspecified atom stereocenters. The van der Waals surface area contributed by atoms with Gasteiger partial charge in [0.15, 0.2) is 5.60 Å². The first-order valence-corrected chi connectivity index (χ1v) is 3.53. The van der Waals surface area contributed by atoms with E-state index in [0.717, 1.165) is 0 Å². The van der Waals surface area contributed by atoms with Gasteiger partial charge in [-0.3, -0.25) is 0 Å². The van der Waals surface area contributed by atoms with Gasteiger partial charge >= 0.3 is 12.3 Å². The molecule has 76 valence electrons. The number of amides is 1. The summed E-state index contributed by atoms with van der Waals surface area (Å²) in [6, 6.07) is -0.802. The number of halogens is 3. The molecule has 0 aromatic rings. The number of hydrogen-bond acceptors (Lipinski definition) is 2. The van der Waals surface area contributed by atoms with Gasteiger partial charge in [-0.25, -0.2) is 4.79 Å². The van der Waals surface area contributed by atoms with E-state index < -0.39 is 36.8 Å². The maximum atomic E-state index is 12.0. The van der Waals surface area contributed by atoms with E-state index in [2.05, 4.69) is 0 Å². The molecule has 0 aliphatic heterocycles. The third-order valence-corrected chi connectivity index (χ3v) is 2.02. The van der Waals surface area contributed by atoms with E-state index in [1.807, 2.05) is 5.32 Å². The lowest BCUT2D eigenvalue weighted by atomic mass is 9.75. The Morgan fingerprint density at radius 2 is 1.92 bits per heavy atom. The summed E-state index contributed by atoms with van der Waals surface area (Å²) in [4.78, 5) is 9.99. The fraction of sp³-hybridized carbons (Fsp3) is 0.833. The van der Waals surface area contributed by atoms with E-state index in [0.29, 0.717) is 0 Å². The molecule has 0 bridgehead atoms. The number of alkyl halides is 3. The SMILES string of the molecule is O=C(O)NC1CC(O)(C(F)(F)F)C1. The average Bonchev–Trinajstić information content (AvgIpc) is 1.79. The van der Waals surface area contributed by atoms with Crippen molar-refractivity contribution < 1.29 is 28.2 Å². The lowest BCUT2D eigenvalue weighted by Gasteiger charge is -2.43. The van der Waals surface area contributed by atoms with Gasteiger partial charge in [-0.1, -0.05) is 0 Å². The van der Waals surface area contributed by atoms with E-state index in [1.165, 1.54) is 0 Å². The predicted octanol–water partition coefficient (Wildman–Crippen LogP) is 0.710. The van der Waals surface area contributed by atoms with Crippen molar-refractivity contribution in [2.75, 3.05) is 0 Å². The Labute approximate surface area is 71.4 Å². The summed E-state index contributed by atoms with van der Waals surface area (Å²) >= 11 is 0. The molecule has 1 saturated carbocycles. The van der Waals surface area contributed by atoms with Crippen LogP contribution in [-0.4, -0.2) is 34.1 Å². The quantitative estimate of drug-likeness (QED) is 0.582. The number of nitrogens with one attached hydrogen (secondary N) is 1. The van der Waals surface area contributed by atoms with Gasteiger partial charge in [0, 0.05) is 18.9 Å². The Kier molecular flexibility index (Phi) is 2.15. The first-order chi connectivity index (χ1) is 5.74. The average molecular weight is 199 g/mol. The lowest BCUT2D eigenvalue weighted by molar-refractivity contribution is -0.291. The Balaban J connectivity index is 2.44. The molecule has 4 nitrogen and oxygen atoms in total. The zero-order valence-electron chi connectivity index (χ0n) is 6.43. The molecule has 1 fully saturated rings.